The molecule has 0 saturated heterocycles. The van der Waals surface area contributed by atoms with Gasteiger partial charge in [0.25, 0.3) is 0 Å². The number of hydrogen-bond donors (Lipinski definition) is 3. The summed E-state index contributed by atoms with van der Waals surface area (Å²) in [6.45, 7) is 3.95. The Morgan fingerprint density at radius 3 is 1.81 bits per heavy atom. The van der Waals surface area contributed by atoms with Crippen LogP contribution in [-0.2, 0) is 39.3 Å². The molecule has 3 rings (SSSR count). The minimum atomic E-state index is 0.117. The molecule has 0 amide bonds. The summed E-state index contributed by atoms with van der Waals surface area (Å²) in [5, 5.41) is 50.6. The van der Waals surface area contributed by atoms with Crippen LogP contribution in [0, 0.1) is 0 Å². The minimum absolute atomic E-state index is 0.117. The molecule has 0 unspecified atom stereocenters. The third-order valence-electron chi connectivity index (χ3n) is 4.60. The third-order valence-corrected chi connectivity index (χ3v) is 4.60. The molecule has 3 aromatic heterocycles. The number of aliphatic hydroxyl groups excluding tert-OH is 3. The van der Waals surface area contributed by atoms with Crippen LogP contribution in [-0.4, -0.2) is 74.8 Å². The molecule has 3 heterocycles. The lowest BCUT2D eigenvalue weighted by Gasteiger charge is -2.15. The average molecular weight is 437 g/mol. The fraction of sp³-hybridized carbons (Fsp3) is 0.667. The van der Waals surface area contributed by atoms with E-state index in [-0.39, 0.29) is 19.8 Å². The van der Waals surface area contributed by atoms with Gasteiger partial charge in [-0.25, -0.2) is 0 Å². The largest absolute Gasteiger partial charge is 0.396 e. The van der Waals surface area contributed by atoms with E-state index in [0.29, 0.717) is 58.5 Å². The molecule has 0 aliphatic heterocycles. The van der Waals surface area contributed by atoms with Crippen LogP contribution in [0.4, 0.5) is 0 Å². The molecule has 3 aromatic rings. The topological polar surface area (TPSA) is 159 Å². The highest BCUT2D eigenvalue weighted by Crippen LogP contribution is 2.10. The first-order valence-corrected chi connectivity index (χ1v) is 10.5. The van der Waals surface area contributed by atoms with Crippen molar-refractivity contribution in [2.45, 2.75) is 58.5 Å². The second kappa shape index (κ2) is 12.2. The number of aromatic nitrogens is 9. The number of aliphatic hydroxyl groups is 3. The predicted molar refractivity (Wildman–Crippen MR) is 106 cm³/mol. The van der Waals surface area contributed by atoms with E-state index in [1.54, 1.807) is 14.3 Å². The summed E-state index contributed by atoms with van der Waals surface area (Å²) in [4.78, 5) is 5.60. The second-order valence-corrected chi connectivity index (χ2v) is 7.33. The monoisotopic (exact) mass is 436 g/mol. The molecule has 13 heteroatoms. The van der Waals surface area contributed by atoms with Crippen LogP contribution < -0.4 is 10.2 Å². The van der Waals surface area contributed by atoms with Crippen LogP contribution in [0.25, 0.3) is 0 Å². The number of rotatable bonds is 15. The SMILES string of the molecule is OCCCn1cc(CN(Cc2c[nH+]n(CCCO)n2)Cc2c[nH+]n(CCCO)n2)nn1. The van der Waals surface area contributed by atoms with Gasteiger partial charge in [-0.05, 0) is 28.9 Å². The molecule has 0 bridgehead atoms. The molecule has 5 N–H and O–H groups in total. The molecule has 0 aliphatic carbocycles. The van der Waals surface area contributed by atoms with Gasteiger partial charge >= 0.3 is 0 Å². The lowest BCUT2D eigenvalue weighted by atomic mass is 10.3. The zero-order valence-electron chi connectivity index (χ0n) is 17.6. The fourth-order valence-corrected chi connectivity index (χ4v) is 3.16. The van der Waals surface area contributed by atoms with E-state index in [4.69, 9.17) is 15.3 Å². The predicted octanol–water partition coefficient (Wildman–Crippen LogP) is -2.35. The molecule has 13 nitrogen and oxygen atoms in total. The highest BCUT2D eigenvalue weighted by atomic mass is 16.3. The normalized spacial score (nSPS) is 11.6. The summed E-state index contributed by atoms with van der Waals surface area (Å²) < 4.78 is 1.73. The van der Waals surface area contributed by atoms with Crippen LogP contribution in [0.2, 0.25) is 0 Å². The first kappa shape index (κ1) is 22.9. The first-order valence-electron chi connectivity index (χ1n) is 10.5. The fourth-order valence-electron chi connectivity index (χ4n) is 3.16. The lowest BCUT2D eigenvalue weighted by molar-refractivity contribution is -0.497. The standard InChI is InChI=1S/C18H30N10O3/c29-7-1-4-26-15-18(21-24-26)14-25(12-16-10-19-27(22-16)5-2-8-30)13-17-11-20-28(23-17)6-3-9-31/h10-11,15,29-31H,1-9,12-14H2/p+2. The van der Waals surface area contributed by atoms with Gasteiger partial charge in [-0.3, -0.25) is 9.58 Å². The van der Waals surface area contributed by atoms with Crippen molar-refractivity contribution in [1.82, 2.24) is 39.7 Å². The van der Waals surface area contributed by atoms with Crippen molar-refractivity contribution >= 4 is 0 Å². The number of aryl methyl sites for hydroxylation is 3. The van der Waals surface area contributed by atoms with Gasteiger partial charge in [-0.1, -0.05) is 5.21 Å². The minimum Gasteiger partial charge on any atom is -0.396 e. The van der Waals surface area contributed by atoms with Crippen molar-refractivity contribution in [2.24, 2.45) is 0 Å². The van der Waals surface area contributed by atoms with Crippen molar-refractivity contribution in [1.29, 1.82) is 0 Å². The Hall–Kier alpha value is -2.74. The lowest BCUT2D eigenvalue weighted by Crippen LogP contribution is -2.23. The van der Waals surface area contributed by atoms with E-state index in [2.05, 4.69) is 35.6 Å². The van der Waals surface area contributed by atoms with Crippen LogP contribution in [0.5, 0.6) is 0 Å². The summed E-state index contributed by atoms with van der Waals surface area (Å²) >= 11 is 0. The molecule has 0 radical (unpaired) electrons. The van der Waals surface area contributed by atoms with Crippen molar-refractivity contribution in [2.75, 3.05) is 19.8 Å². The zero-order chi connectivity index (χ0) is 21.9. The molecular formula is C18H32N10O3+2. The van der Waals surface area contributed by atoms with Gasteiger partial charge < -0.3 is 15.3 Å². The Kier molecular flexibility index (Phi) is 9.02. The Bertz CT molecular complexity index is 778. The van der Waals surface area contributed by atoms with E-state index in [1.165, 1.54) is 0 Å². The maximum absolute atomic E-state index is 9.00. The molecule has 0 saturated carbocycles. The van der Waals surface area contributed by atoms with Gasteiger partial charge in [0, 0.05) is 49.3 Å². The Balaban J connectivity index is 1.67. The summed E-state index contributed by atoms with van der Waals surface area (Å²) in [5.74, 6) is 0. The quantitative estimate of drug-likeness (QED) is 0.239. The summed E-state index contributed by atoms with van der Waals surface area (Å²) in [6.07, 6.45) is 7.51. The van der Waals surface area contributed by atoms with Crippen molar-refractivity contribution in [3.8, 4) is 0 Å². The molecule has 0 aliphatic rings. The molecule has 31 heavy (non-hydrogen) atoms. The Morgan fingerprint density at radius 2 is 1.26 bits per heavy atom. The molecule has 0 aromatic carbocycles. The smallest absolute Gasteiger partial charge is 0.232 e. The van der Waals surface area contributed by atoms with Gasteiger partial charge in [0.05, 0.1) is 18.8 Å². The van der Waals surface area contributed by atoms with Crippen LogP contribution in [0.3, 0.4) is 0 Å². The van der Waals surface area contributed by atoms with E-state index in [0.717, 1.165) is 17.1 Å². The first-order chi connectivity index (χ1) is 15.2. The summed E-state index contributed by atoms with van der Waals surface area (Å²) in [5.41, 5.74) is 2.56. The molecule has 170 valence electrons. The molecule has 0 spiro atoms. The molecule has 0 atom stereocenters. The maximum atomic E-state index is 9.00. The van der Waals surface area contributed by atoms with Crippen molar-refractivity contribution < 1.29 is 25.5 Å². The van der Waals surface area contributed by atoms with Gasteiger partial charge in [-0.15, -0.1) is 5.10 Å². The molecular weight excluding hydrogens is 404 g/mol. The second-order valence-electron chi connectivity index (χ2n) is 7.33. The van der Waals surface area contributed by atoms with Gasteiger partial charge in [0.15, 0.2) is 12.4 Å². The van der Waals surface area contributed by atoms with E-state index >= 15 is 0 Å². The van der Waals surface area contributed by atoms with Crippen LogP contribution in [0.15, 0.2) is 18.6 Å². The summed E-state index contributed by atoms with van der Waals surface area (Å²) in [7, 11) is 0. The van der Waals surface area contributed by atoms with E-state index < -0.39 is 0 Å². The average Bonchev–Trinajstić information content (AvgIpc) is 3.51. The van der Waals surface area contributed by atoms with Crippen LogP contribution in [0.1, 0.15) is 36.3 Å². The number of H-pyrrole nitrogens is 2. The van der Waals surface area contributed by atoms with Crippen LogP contribution >= 0.6 is 0 Å². The van der Waals surface area contributed by atoms with Gasteiger partial charge in [0.2, 0.25) is 11.4 Å². The highest BCUT2D eigenvalue weighted by Gasteiger charge is 2.20. The third kappa shape index (κ3) is 7.47. The number of hydrogen-bond acceptors (Lipinski definition) is 8. The number of nitrogens with zero attached hydrogens (tertiary/aromatic N) is 8. The number of nitrogens with one attached hydrogen (secondary N) is 2. The van der Waals surface area contributed by atoms with Gasteiger partial charge in [-0.2, -0.15) is 10.2 Å². The van der Waals surface area contributed by atoms with E-state index in [9.17, 15) is 0 Å². The molecule has 0 fully saturated rings. The highest BCUT2D eigenvalue weighted by molar-refractivity contribution is 4.97. The van der Waals surface area contributed by atoms with E-state index in [1.807, 2.05) is 18.6 Å². The van der Waals surface area contributed by atoms with Crippen molar-refractivity contribution in [3.05, 3.63) is 35.7 Å². The van der Waals surface area contributed by atoms with Gasteiger partial charge in [0.1, 0.15) is 13.1 Å². The maximum Gasteiger partial charge on any atom is 0.232 e. The Labute approximate surface area is 179 Å². The Morgan fingerprint density at radius 1 is 0.742 bits per heavy atom. The zero-order valence-corrected chi connectivity index (χ0v) is 17.6. The number of aromatic amines is 2. The summed E-state index contributed by atoms with van der Waals surface area (Å²) in [6, 6.07) is 0. The van der Waals surface area contributed by atoms with Crippen molar-refractivity contribution in [3.63, 3.8) is 0 Å².